The van der Waals surface area contributed by atoms with Crippen molar-refractivity contribution in [2.24, 2.45) is 17.8 Å². The van der Waals surface area contributed by atoms with Gasteiger partial charge in [0.05, 0.1) is 0 Å². The number of aliphatic hydroxyl groups is 1. The van der Waals surface area contributed by atoms with Gasteiger partial charge in [-0.3, -0.25) is 0 Å². The number of hydrogen-bond acceptors (Lipinski definition) is 2. The molecule has 0 aromatic rings. The van der Waals surface area contributed by atoms with Gasteiger partial charge < -0.3 is 10.4 Å². The van der Waals surface area contributed by atoms with Gasteiger partial charge in [-0.25, -0.2) is 0 Å². The van der Waals surface area contributed by atoms with Crippen LogP contribution in [-0.4, -0.2) is 24.8 Å². The molecule has 2 aliphatic rings. The van der Waals surface area contributed by atoms with Crippen LogP contribution in [0.3, 0.4) is 0 Å². The maximum absolute atomic E-state index is 8.81. The molecule has 10 heavy (non-hydrogen) atoms. The van der Waals surface area contributed by atoms with E-state index in [9.17, 15) is 0 Å². The first-order valence-corrected chi connectivity index (χ1v) is 3.73. The Kier molecular flexibility index (Phi) is 2.55. The summed E-state index contributed by atoms with van der Waals surface area (Å²) in [7, 11) is 0. The Balaban J connectivity index is 0.000000500. The molecular weight excluding hydrogens is 150 g/mol. The minimum atomic E-state index is 0. The Labute approximate surface area is 67.4 Å². The molecule has 0 aromatic heterocycles. The molecule has 1 aliphatic carbocycles. The number of hydrogen-bond donors (Lipinski definition) is 2. The summed E-state index contributed by atoms with van der Waals surface area (Å²) in [5.41, 5.74) is 0. The van der Waals surface area contributed by atoms with Gasteiger partial charge in [-0.15, -0.1) is 12.4 Å². The van der Waals surface area contributed by atoms with Gasteiger partial charge in [0.1, 0.15) is 0 Å². The summed E-state index contributed by atoms with van der Waals surface area (Å²) >= 11 is 0. The Morgan fingerprint density at radius 1 is 1.40 bits per heavy atom. The lowest BCUT2D eigenvalue weighted by atomic mass is 9.67. The predicted molar refractivity (Wildman–Crippen MR) is 42.3 cm³/mol. The highest BCUT2D eigenvalue weighted by molar-refractivity contribution is 5.85. The highest BCUT2D eigenvalue weighted by Gasteiger charge is 2.42. The zero-order valence-electron chi connectivity index (χ0n) is 5.92. The topological polar surface area (TPSA) is 32.3 Å². The van der Waals surface area contributed by atoms with E-state index in [-0.39, 0.29) is 12.4 Å². The van der Waals surface area contributed by atoms with Gasteiger partial charge >= 0.3 is 0 Å². The van der Waals surface area contributed by atoms with Crippen LogP contribution in [0.1, 0.15) is 6.42 Å². The van der Waals surface area contributed by atoms with Crippen molar-refractivity contribution in [1.82, 2.24) is 5.32 Å². The number of rotatable bonds is 1. The van der Waals surface area contributed by atoms with Crippen molar-refractivity contribution >= 4 is 12.4 Å². The van der Waals surface area contributed by atoms with Crippen LogP contribution < -0.4 is 5.32 Å². The van der Waals surface area contributed by atoms with Crippen LogP contribution in [0, 0.1) is 17.8 Å². The van der Waals surface area contributed by atoms with E-state index in [1.54, 1.807) is 0 Å². The summed E-state index contributed by atoms with van der Waals surface area (Å²) < 4.78 is 0. The van der Waals surface area contributed by atoms with Crippen molar-refractivity contribution in [2.45, 2.75) is 6.42 Å². The Morgan fingerprint density at radius 2 is 2.20 bits per heavy atom. The normalized spacial score (nSPS) is 43.5. The molecule has 0 bridgehead atoms. The second-order valence-corrected chi connectivity index (χ2v) is 3.26. The lowest BCUT2D eigenvalue weighted by Gasteiger charge is -2.38. The van der Waals surface area contributed by atoms with E-state index < -0.39 is 0 Å². The van der Waals surface area contributed by atoms with E-state index >= 15 is 0 Å². The van der Waals surface area contributed by atoms with Crippen molar-refractivity contribution in [3.05, 3.63) is 0 Å². The summed E-state index contributed by atoms with van der Waals surface area (Å²) in [6.07, 6.45) is 1.26. The fourth-order valence-electron chi connectivity index (χ4n) is 2.14. The Bertz CT molecular complexity index is 120. The second kappa shape index (κ2) is 3.07. The molecule has 3 heteroatoms. The van der Waals surface area contributed by atoms with Crippen LogP contribution in [0.2, 0.25) is 0 Å². The first-order chi connectivity index (χ1) is 4.42. The van der Waals surface area contributed by atoms with Gasteiger partial charge in [0.2, 0.25) is 0 Å². The molecule has 1 saturated heterocycles. The molecule has 3 atom stereocenters. The fraction of sp³-hybridized carbons (Fsp3) is 1.00. The lowest BCUT2D eigenvalue weighted by Crippen LogP contribution is -2.37. The van der Waals surface area contributed by atoms with Crippen LogP contribution in [0.5, 0.6) is 0 Å². The number of aliphatic hydroxyl groups excluding tert-OH is 1. The van der Waals surface area contributed by atoms with Crippen LogP contribution in [0.15, 0.2) is 0 Å². The quantitative estimate of drug-likeness (QED) is 0.581. The molecule has 1 heterocycles. The number of fused-ring (bicyclic) bond motifs is 1. The molecule has 0 spiro atoms. The third-order valence-electron chi connectivity index (χ3n) is 2.84. The van der Waals surface area contributed by atoms with Gasteiger partial charge in [0.15, 0.2) is 0 Å². The fourth-order valence-corrected chi connectivity index (χ4v) is 2.14. The molecule has 2 nitrogen and oxygen atoms in total. The summed E-state index contributed by atoms with van der Waals surface area (Å²) in [5, 5.41) is 12.1. The predicted octanol–water partition coefficient (Wildman–Crippen LogP) is 0.256. The molecule has 0 aromatic carbocycles. The van der Waals surface area contributed by atoms with Crippen LogP contribution in [0.25, 0.3) is 0 Å². The van der Waals surface area contributed by atoms with Crippen molar-refractivity contribution in [2.75, 3.05) is 19.7 Å². The summed E-state index contributed by atoms with van der Waals surface area (Å²) in [6.45, 7) is 2.75. The molecule has 2 fully saturated rings. The van der Waals surface area contributed by atoms with E-state index in [4.69, 9.17) is 5.11 Å². The molecule has 0 radical (unpaired) electrons. The van der Waals surface area contributed by atoms with Crippen molar-refractivity contribution in [1.29, 1.82) is 0 Å². The zero-order valence-corrected chi connectivity index (χ0v) is 6.73. The molecular formula is C7H14ClNO. The molecule has 0 amide bonds. The standard InChI is InChI=1S/C7H13NO.ClH/c9-4-6-1-5-2-8-3-7(5)6;/h5-9H,1-4H2;1H. The molecule has 2 N–H and O–H groups in total. The average molecular weight is 164 g/mol. The van der Waals surface area contributed by atoms with E-state index in [2.05, 4.69) is 5.32 Å². The second-order valence-electron chi connectivity index (χ2n) is 3.26. The van der Waals surface area contributed by atoms with Crippen LogP contribution >= 0.6 is 12.4 Å². The first-order valence-electron chi connectivity index (χ1n) is 3.73. The van der Waals surface area contributed by atoms with E-state index in [1.807, 2.05) is 0 Å². The molecule has 3 unspecified atom stereocenters. The lowest BCUT2D eigenvalue weighted by molar-refractivity contribution is 0.0579. The number of halogens is 1. The minimum Gasteiger partial charge on any atom is -0.396 e. The monoisotopic (exact) mass is 163 g/mol. The van der Waals surface area contributed by atoms with E-state index in [1.165, 1.54) is 13.0 Å². The summed E-state index contributed by atoms with van der Waals surface area (Å²) in [5.74, 6) is 2.35. The largest absolute Gasteiger partial charge is 0.396 e. The van der Waals surface area contributed by atoms with Crippen LogP contribution in [0.4, 0.5) is 0 Å². The summed E-state index contributed by atoms with van der Waals surface area (Å²) in [6, 6.07) is 0. The smallest absolute Gasteiger partial charge is 0.0462 e. The van der Waals surface area contributed by atoms with Gasteiger partial charge in [-0.1, -0.05) is 0 Å². The molecule has 1 saturated carbocycles. The molecule has 1 aliphatic heterocycles. The Hall–Kier alpha value is 0.210. The SMILES string of the molecule is Cl.OCC1CC2CNCC12. The molecule has 60 valence electrons. The zero-order chi connectivity index (χ0) is 6.27. The van der Waals surface area contributed by atoms with Crippen molar-refractivity contribution < 1.29 is 5.11 Å². The first kappa shape index (κ1) is 8.31. The Morgan fingerprint density at radius 3 is 2.80 bits per heavy atom. The highest BCUT2D eigenvalue weighted by atomic mass is 35.5. The highest BCUT2D eigenvalue weighted by Crippen LogP contribution is 2.41. The average Bonchev–Trinajstić information content (AvgIpc) is 2.14. The van der Waals surface area contributed by atoms with Crippen molar-refractivity contribution in [3.63, 3.8) is 0 Å². The van der Waals surface area contributed by atoms with Crippen molar-refractivity contribution in [3.8, 4) is 0 Å². The number of nitrogens with one attached hydrogen (secondary N) is 1. The van der Waals surface area contributed by atoms with Gasteiger partial charge in [-0.05, 0) is 37.3 Å². The minimum absolute atomic E-state index is 0. The van der Waals surface area contributed by atoms with E-state index in [0.29, 0.717) is 12.5 Å². The van der Waals surface area contributed by atoms with Gasteiger partial charge in [0.25, 0.3) is 0 Å². The summed E-state index contributed by atoms with van der Waals surface area (Å²) in [4.78, 5) is 0. The third kappa shape index (κ3) is 1.04. The maximum atomic E-state index is 8.81. The van der Waals surface area contributed by atoms with E-state index in [0.717, 1.165) is 18.4 Å². The third-order valence-corrected chi connectivity index (χ3v) is 2.84. The molecule has 2 rings (SSSR count). The van der Waals surface area contributed by atoms with Gasteiger partial charge in [0, 0.05) is 6.61 Å². The van der Waals surface area contributed by atoms with Gasteiger partial charge in [-0.2, -0.15) is 0 Å². The van der Waals surface area contributed by atoms with Crippen LogP contribution in [-0.2, 0) is 0 Å². The maximum Gasteiger partial charge on any atom is 0.0462 e.